The van der Waals surface area contributed by atoms with Gasteiger partial charge in [-0.2, -0.15) is 0 Å². The largest absolute Gasteiger partial charge is 0.508 e. The number of aromatic amines is 1. The smallest absolute Gasteiger partial charge is 0.123 e. The first-order valence-corrected chi connectivity index (χ1v) is 7.45. The number of hydrogen-bond donors (Lipinski definition) is 2. The number of phenolic OH excluding ortho intramolecular Hbond substituents is 1. The van der Waals surface area contributed by atoms with Gasteiger partial charge in [0.1, 0.15) is 11.5 Å². The Kier molecular flexibility index (Phi) is 3.57. The summed E-state index contributed by atoms with van der Waals surface area (Å²) in [6.07, 6.45) is 3.04. The van der Waals surface area contributed by atoms with Crippen molar-refractivity contribution in [3.05, 3.63) is 47.0 Å². The highest BCUT2D eigenvalue weighted by Crippen LogP contribution is 2.36. The summed E-state index contributed by atoms with van der Waals surface area (Å²) < 4.78 is 5.57. The van der Waals surface area contributed by atoms with E-state index in [-0.39, 0.29) is 0 Å². The van der Waals surface area contributed by atoms with Crippen molar-refractivity contribution in [1.82, 2.24) is 4.98 Å². The van der Waals surface area contributed by atoms with E-state index in [4.69, 9.17) is 4.74 Å². The molecule has 3 heteroatoms. The SMILES string of the molecule is COc1ccc2[nH]c3cc(O)c(C)cc3c2c1CC=C(C)C. The number of aromatic hydroxyl groups is 1. The number of rotatable bonds is 3. The first-order chi connectivity index (χ1) is 10.5. The lowest BCUT2D eigenvalue weighted by molar-refractivity contribution is 0.411. The fourth-order valence-corrected chi connectivity index (χ4v) is 2.89. The van der Waals surface area contributed by atoms with Crippen molar-refractivity contribution >= 4 is 21.8 Å². The van der Waals surface area contributed by atoms with E-state index in [1.807, 2.05) is 25.1 Å². The second kappa shape index (κ2) is 5.41. The number of fused-ring (bicyclic) bond motifs is 3. The van der Waals surface area contributed by atoms with Crippen molar-refractivity contribution in [3.63, 3.8) is 0 Å². The Morgan fingerprint density at radius 2 is 2.00 bits per heavy atom. The first kappa shape index (κ1) is 14.5. The molecule has 2 aromatic carbocycles. The highest BCUT2D eigenvalue weighted by atomic mass is 16.5. The molecule has 0 saturated carbocycles. The molecule has 0 radical (unpaired) electrons. The van der Waals surface area contributed by atoms with E-state index >= 15 is 0 Å². The molecule has 2 N–H and O–H groups in total. The zero-order valence-corrected chi connectivity index (χ0v) is 13.4. The lowest BCUT2D eigenvalue weighted by Gasteiger charge is -2.09. The number of methoxy groups -OCH3 is 1. The molecule has 0 aliphatic carbocycles. The minimum Gasteiger partial charge on any atom is -0.508 e. The maximum Gasteiger partial charge on any atom is 0.123 e. The summed E-state index contributed by atoms with van der Waals surface area (Å²) in [5.41, 5.74) is 5.36. The summed E-state index contributed by atoms with van der Waals surface area (Å²) in [5, 5.41) is 12.2. The van der Waals surface area contributed by atoms with Crippen LogP contribution in [0.4, 0.5) is 0 Å². The maximum atomic E-state index is 9.93. The molecule has 0 saturated heterocycles. The zero-order chi connectivity index (χ0) is 15.9. The van der Waals surface area contributed by atoms with E-state index in [2.05, 4.69) is 24.9 Å². The number of ether oxygens (including phenoxy) is 1. The number of aryl methyl sites for hydroxylation is 1. The quantitative estimate of drug-likeness (QED) is 0.678. The molecule has 1 aromatic heterocycles. The van der Waals surface area contributed by atoms with Crippen LogP contribution in [0.3, 0.4) is 0 Å². The molecule has 114 valence electrons. The van der Waals surface area contributed by atoms with E-state index < -0.39 is 0 Å². The van der Waals surface area contributed by atoms with Crippen molar-refractivity contribution < 1.29 is 9.84 Å². The number of nitrogens with one attached hydrogen (secondary N) is 1. The molecule has 0 spiro atoms. The highest BCUT2D eigenvalue weighted by molar-refractivity contribution is 6.10. The van der Waals surface area contributed by atoms with Crippen molar-refractivity contribution in [2.24, 2.45) is 0 Å². The van der Waals surface area contributed by atoms with Crippen LogP contribution in [-0.4, -0.2) is 17.2 Å². The third-order valence-corrected chi connectivity index (χ3v) is 4.08. The highest BCUT2D eigenvalue weighted by Gasteiger charge is 2.14. The van der Waals surface area contributed by atoms with Crippen LogP contribution in [-0.2, 0) is 6.42 Å². The van der Waals surface area contributed by atoms with Crippen LogP contribution in [0.25, 0.3) is 21.8 Å². The lowest BCUT2D eigenvalue weighted by atomic mass is 10.0. The Balaban J connectivity index is 2.37. The molecule has 0 bridgehead atoms. The van der Waals surface area contributed by atoms with E-state index in [9.17, 15) is 5.11 Å². The Bertz CT molecular complexity index is 883. The number of hydrogen-bond acceptors (Lipinski definition) is 2. The minimum atomic E-state index is 0.317. The average molecular weight is 295 g/mol. The number of aromatic nitrogens is 1. The van der Waals surface area contributed by atoms with Crippen LogP contribution in [0.5, 0.6) is 11.5 Å². The molecule has 0 atom stereocenters. The molecule has 3 aromatic rings. The number of allylic oxidation sites excluding steroid dienone is 2. The molecule has 0 amide bonds. The van der Waals surface area contributed by atoms with Gasteiger partial charge in [-0.15, -0.1) is 0 Å². The van der Waals surface area contributed by atoms with E-state index in [0.717, 1.165) is 34.2 Å². The summed E-state index contributed by atoms with van der Waals surface area (Å²) >= 11 is 0. The van der Waals surface area contributed by atoms with E-state index in [1.54, 1.807) is 13.2 Å². The van der Waals surface area contributed by atoms with E-state index in [1.165, 1.54) is 16.5 Å². The molecule has 3 rings (SSSR count). The Morgan fingerprint density at radius 1 is 1.23 bits per heavy atom. The van der Waals surface area contributed by atoms with Crippen LogP contribution in [0.1, 0.15) is 25.0 Å². The third kappa shape index (κ3) is 2.33. The number of benzene rings is 2. The van der Waals surface area contributed by atoms with Gasteiger partial charge in [-0.05, 0) is 51.0 Å². The summed E-state index contributed by atoms with van der Waals surface area (Å²) in [5.74, 6) is 1.22. The molecule has 3 nitrogen and oxygen atoms in total. The van der Waals surface area contributed by atoms with Crippen molar-refractivity contribution in [3.8, 4) is 11.5 Å². The predicted molar refractivity (Wildman–Crippen MR) is 91.9 cm³/mol. The normalized spacial score (nSPS) is 11.1. The monoisotopic (exact) mass is 295 g/mol. The van der Waals surface area contributed by atoms with Gasteiger partial charge in [0, 0.05) is 27.9 Å². The Labute approximate surface area is 130 Å². The van der Waals surface area contributed by atoms with Gasteiger partial charge in [-0.25, -0.2) is 0 Å². The van der Waals surface area contributed by atoms with Crippen LogP contribution >= 0.6 is 0 Å². The van der Waals surface area contributed by atoms with Gasteiger partial charge in [0.15, 0.2) is 0 Å². The summed E-state index contributed by atoms with van der Waals surface area (Å²) in [6.45, 7) is 6.12. The first-order valence-electron chi connectivity index (χ1n) is 7.45. The maximum absolute atomic E-state index is 9.93. The number of H-pyrrole nitrogens is 1. The van der Waals surface area contributed by atoms with Gasteiger partial charge in [0.25, 0.3) is 0 Å². The number of phenols is 1. The second-order valence-corrected chi connectivity index (χ2v) is 5.96. The predicted octanol–water partition coefficient (Wildman–Crippen LogP) is 4.85. The van der Waals surface area contributed by atoms with Gasteiger partial charge >= 0.3 is 0 Å². The van der Waals surface area contributed by atoms with Crippen LogP contribution in [0.2, 0.25) is 0 Å². The van der Waals surface area contributed by atoms with Crippen molar-refractivity contribution in [1.29, 1.82) is 0 Å². The Hall–Kier alpha value is -2.42. The molecular formula is C19H21NO2. The van der Waals surface area contributed by atoms with Gasteiger partial charge in [-0.1, -0.05) is 11.6 Å². The molecule has 0 aliphatic heterocycles. The minimum absolute atomic E-state index is 0.317. The van der Waals surface area contributed by atoms with Crippen LogP contribution in [0.15, 0.2) is 35.9 Å². The van der Waals surface area contributed by atoms with Gasteiger partial charge in [-0.3, -0.25) is 0 Å². The van der Waals surface area contributed by atoms with E-state index in [0.29, 0.717) is 5.75 Å². The van der Waals surface area contributed by atoms with Crippen molar-refractivity contribution in [2.45, 2.75) is 27.2 Å². The molecule has 22 heavy (non-hydrogen) atoms. The van der Waals surface area contributed by atoms with Gasteiger partial charge in [0.05, 0.1) is 12.6 Å². The molecular weight excluding hydrogens is 274 g/mol. The molecule has 0 fully saturated rings. The fourth-order valence-electron chi connectivity index (χ4n) is 2.89. The standard InChI is InChI=1S/C19H21NO2/c1-11(2)5-6-13-18(22-4)8-7-15-19(13)14-9-12(3)17(21)10-16(14)20-15/h5,7-10,20-21H,6H2,1-4H3. The molecule has 0 unspecified atom stereocenters. The van der Waals surface area contributed by atoms with Crippen LogP contribution in [0, 0.1) is 6.92 Å². The van der Waals surface area contributed by atoms with Crippen molar-refractivity contribution in [2.75, 3.05) is 7.11 Å². The second-order valence-electron chi connectivity index (χ2n) is 5.96. The van der Waals surface area contributed by atoms with Crippen LogP contribution < -0.4 is 4.74 Å². The molecule has 1 heterocycles. The lowest BCUT2D eigenvalue weighted by Crippen LogP contribution is -1.92. The molecule has 0 aliphatic rings. The van der Waals surface area contributed by atoms with Gasteiger partial charge in [0.2, 0.25) is 0 Å². The zero-order valence-electron chi connectivity index (χ0n) is 13.4. The topological polar surface area (TPSA) is 45.2 Å². The fraction of sp³-hybridized carbons (Fsp3) is 0.263. The Morgan fingerprint density at radius 3 is 2.68 bits per heavy atom. The summed E-state index contributed by atoms with van der Waals surface area (Å²) in [7, 11) is 1.71. The summed E-state index contributed by atoms with van der Waals surface area (Å²) in [6, 6.07) is 7.86. The van der Waals surface area contributed by atoms with Gasteiger partial charge < -0.3 is 14.8 Å². The summed E-state index contributed by atoms with van der Waals surface area (Å²) in [4.78, 5) is 3.39. The third-order valence-electron chi connectivity index (χ3n) is 4.08. The average Bonchev–Trinajstić information content (AvgIpc) is 2.82.